The van der Waals surface area contributed by atoms with Gasteiger partial charge >= 0.3 is 0 Å². The third-order valence-electron chi connectivity index (χ3n) is 1.19. The van der Waals surface area contributed by atoms with Crippen molar-refractivity contribution in [2.45, 2.75) is 0 Å². The third-order valence-corrected chi connectivity index (χ3v) is 1.19. The summed E-state index contributed by atoms with van der Waals surface area (Å²) >= 11 is 0. The maximum Gasteiger partial charge on any atom is 0.150 e. The zero-order chi connectivity index (χ0) is 7.40. The normalized spacial score (nSPS) is 11.5. The number of hydrogen-bond acceptors (Lipinski definition) is 2. The first-order valence-corrected chi connectivity index (χ1v) is 2.96. The van der Waals surface area contributed by atoms with Crippen LogP contribution in [-0.4, -0.2) is 16.6 Å². The van der Waals surface area contributed by atoms with Crippen molar-refractivity contribution in [1.82, 2.24) is 9.55 Å². The minimum atomic E-state index is 0.803. The van der Waals surface area contributed by atoms with Gasteiger partial charge in [0, 0.05) is 25.6 Å². The summed E-state index contributed by atoms with van der Waals surface area (Å²) in [5.74, 6) is 0. The molecule has 0 aliphatic rings. The number of aromatic nitrogens is 2. The highest BCUT2D eigenvalue weighted by Crippen LogP contribution is 1.75. The van der Waals surface area contributed by atoms with Crippen molar-refractivity contribution in [3.05, 3.63) is 30.7 Å². The first-order valence-electron chi connectivity index (χ1n) is 2.96. The van der Waals surface area contributed by atoms with E-state index in [1.165, 1.54) is 0 Å². The van der Waals surface area contributed by atoms with Gasteiger partial charge in [0.05, 0.1) is 6.20 Å². The molecule has 3 heteroatoms. The van der Waals surface area contributed by atoms with E-state index in [-0.39, 0.29) is 0 Å². The maximum atomic E-state index is 3.97. The first-order chi connectivity index (χ1) is 4.88. The fourth-order valence-electron chi connectivity index (χ4n) is 0.691. The molecule has 52 valence electrons. The molecule has 1 heterocycles. The molecule has 0 unspecified atom stereocenters. The van der Waals surface area contributed by atoms with Crippen molar-refractivity contribution in [3.63, 3.8) is 0 Å². The summed E-state index contributed by atoms with van der Waals surface area (Å²) in [7, 11) is 1.72. The molecule has 0 saturated heterocycles. The molecule has 1 aromatic heterocycles. The van der Waals surface area contributed by atoms with Gasteiger partial charge in [-0.1, -0.05) is 6.58 Å². The predicted molar refractivity (Wildman–Crippen MR) is 40.1 cm³/mol. The average molecular weight is 135 g/mol. The highest BCUT2D eigenvalue weighted by atomic mass is 15.0. The van der Waals surface area contributed by atoms with E-state index in [1.807, 2.05) is 0 Å². The molecule has 0 fully saturated rings. The summed E-state index contributed by atoms with van der Waals surface area (Å²) in [6.45, 7) is 3.61. The summed E-state index contributed by atoms with van der Waals surface area (Å²) in [6, 6.07) is 0. The van der Waals surface area contributed by atoms with Gasteiger partial charge in [0.1, 0.15) is 5.49 Å². The molecule has 3 nitrogen and oxygen atoms in total. The smallest absolute Gasteiger partial charge is 0.150 e. The van der Waals surface area contributed by atoms with Crippen LogP contribution >= 0.6 is 0 Å². The van der Waals surface area contributed by atoms with Gasteiger partial charge in [0.25, 0.3) is 0 Å². The van der Waals surface area contributed by atoms with Crippen LogP contribution in [0.4, 0.5) is 0 Å². The Bertz CT molecular complexity index is 285. The highest BCUT2D eigenvalue weighted by Gasteiger charge is 1.81. The molecule has 0 atom stereocenters. The van der Waals surface area contributed by atoms with E-state index in [1.54, 1.807) is 36.4 Å². The van der Waals surface area contributed by atoms with Crippen molar-refractivity contribution in [2.24, 2.45) is 4.99 Å². The van der Waals surface area contributed by atoms with Crippen molar-refractivity contribution >= 4 is 6.20 Å². The second-order valence-electron chi connectivity index (χ2n) is 1.75. The van der Waals surface area contributed by atoms with E-state index in [0.29, 0.717) is 0 Å². The van der Waals surface area contributed by atoms with Gasteiger partial charge in [-0.2, -0.15) is 0 Å². The molecule has 0 bridgehead atoms. The molecule has 0 aliphatic heterocycles. The summed E-state index contributed by atoms with van der Waals surface area (Å²) in [6.07, 6.45) is 6.86. The molecule has 0 spiro atoms. The standard InChI is InChI=1S/C7H9N3/c1-3-10-5-4-9-6-7(10)8-2/h3-6H,1H2,2H3. The minimum Gasteiger partial charge on any atom is -0.307 e. The summed E-state index contributed by atoms with van der Waals surface area (Å²) in [5, 5.41) is 0. The van der Waals surface area contributed by atoms with Gasteiger partial charge < -0.3 is 4.57 Å². The van der Waals surface area contributed by atoms with Crippen LogP contribution in [0.15, 0.2) is 30.2 Å². The Morgan fingerprint density at radius 1 is 1.80 bits per heavy atom. The zero-order valence-electron chi connectivity index (χ0n) is 5.86. The second-order valence-corrected chi connectivity index (χ2v) is 1.75. The highest BCUT2D eigenvalue weighted by molar-refractivity contribution is 5.14. The van der Waals surface area contributed by atoms with Gasteiger partial charge in [-0.3, -0.25) is 9.98 Å². The lowest BCUT2D eigenvalue weighted by molar-refractivity contribution is 0.955. The predicted octanol–water partition coefficient (Wildman–Crippen LogP) is 0.514. The second kappa shape index (κ2) is 2.96. The van der Waals surface area contributed by atoms with Crippen molar-refractivity contribution in [3.8, 4) is 0 Å². The van der Waals surface area contributed by atoms with E-state index >= 15 is 0 Å². The van der Waals surface area contributed by atoms with Crippen LogP contribution in [0.5, 0.6) is 0 Å². The lowest BCUT2D eigenvalue weighted by Crippen LogP contribution is -2.15. The molecule has 0 N–H and O–H groups in total. The zero-order valence-corrected chi connectivity index (χ0v) is 5.86. The van der Waals surface area contributed by atoms with Crippen LogP contribution in [0, 0.1) is 0 Å². The average Bonchev–Trinajstić information content (AvgIpc) is 2.04. The van der Waals surface area contributed by atoms with Crippen LogP contribution in [0.25, 0.3) is 6.20 Å². The van der Waals surface area contributed by atoms with Crippen molar-refractivity contribution in [2.75, 3.05) is 7.05 Å². The quantitative estimate of drug-likeness (QED) is 0.552. The molecule has 0 aromatic carbocycles. The fourth-order valence-corrected chi connectivity index (χ4v) is 0.691. The molecule has 0 radical (unpaired) electrons. The van der Waals surface area contributed by atoms with Crippen molar-refractivity contribution < 1.29 is 0 Å². The number of rotatable bonds is 1. The molecule has 1 aromatic rings. The Hall–Kier alpha value is -1.38. The summed E-state index contributed by atoms with van der Waals surface area (Å²) in [5.41, 5.74) is 0.803. The minimum absolute atomic E-state index is 0.803. The summed E-state index contributed by atoms with van der Waals surface area (Å²) < 4.78 is 1.80. The van der Waals surface area contributed by atoms with Gasteiger partial charge in [-0.25, -0.2) is 0 Å². The monoisotopic (exact) mass is 135 g/mol. The van der Waals surface area contributed by atoms with Gasteiger partial charge in [0.15, 0.2) is 0 Å². The molecule has 0 amide bonds. The molecular weight excluding hydrogens is 126 g/mol. The van der Waals surface area contributed by atoms with E-state index in [2.05, 4.69) is 16.6 Å². The Labute approximate surface area is 59.4 Å². The number of nitrogens with zero attached hydrogens (tertiary/aromatic N) is 3. The Kier molecular flexibility index (Phi) is 1.99. The summed E-state index contributed by atoms with van der Waals surface area (Å²) in [4.78, 5) is 7.87. The topological polar surface area (TPSA) is 30.2 Å². The Morgan fingerprint density at radius 3 is 3.10 bits per heavy atom. The third kappa shape index (κ3) is 1.13. The molecule has 0 aliphatic carbocycles. The molecule has 0 saturated carbocycles. The van der Waals surface area contributed by atoms with Gasteiger partial charge in [-0.05, 0) is 0 Å². The molecular formula is C7H9N3. The van der Waals surface area contributed by atoms with Crippen LogP contribution < -0.4 is 5.49 Å². The Balaban J connectivity index is 3.36. The van der Waals surface area contributed by atoms with E-state index in [0.717, 1.165) is 5.49 Å². The Morgan fingerprint density at radius 2 is 2.60 bits per heavy atom. The van der Waals surface area contributed by atoms with Gasteiger partial charge in [-0.15, -0.1) is 0 Å². The number of hydrogen-bond donors (Lipinski definition) is 0. The van der Waals surface area contributed by atoms with Gasteiger partial charge in [0.2, 0.25) is 0 Å². The van der Waals surface area contributed by atoms with Crippen LogP contribution in [0.3, 0.4) is 0 Å². The lowest BCUT2D eigenvalue weighted by atomic mass is 10.6. The maximum absolute atomic E-state index is 3.97. The van der Waals surface area contributed by atoms with E-state index in [9.17, 15) is 0 Å². The van der Waals surface area contributed by atoms with Crippen LogP contribution in [0.2, 0.25) is 0 Å². The van der Waals surface area contributed by atoms with E-state index in [4.69, 9.17) is 0 Å². The first kappa shape index (κ1) is 6.74. The van der Waals surface area contributed by atoms with Crippen LogP contribution in [-0.2, 0) is 0 Å². The fraction of sp³-hybridized carbons (Fsp3) is 0.143. The van der Waals surface area contributed by atoms with Crippen molar-refractivity contribution in [1.29, 1.82) is 0 Å². The van der Waals surface area contributed by atoms with E-state index < -0.39 is 0 Å². The SMILES string of the molecule is C=Cn1ccncc1=NC. The molecule has 10 heavy (non-hydrogen) atoms. The van der Waals surface area contributed by atoms with Crippen LogP contribution in [0.1, 0.15) is 0 Å². The lowest BCUT2D eigenvalue weighted by Gasteiger charge is -1.95. The molecule has 1 rings (SSSR count). The largest absolute Gasteiger partial charge is 0.307 e.